The van der Waals surface area contributed by atoms with Crippen molar-refractivity contribution >= 4 is 33.4 Å². The number of hydrogen-bond acceptors (Lipinski definition) is 5. The molecule has 0 aromatic heterocycles. The van der Waals surface area contributed by atoms with Gasteiger partial charge >= 0.3 is 0 Å². The smallest absolute Gasteiger partial charge is 0.271 e. The van der Waals surface area contributed by atoms with Crippen LogP contribution in [0.3, 0.4) is 0 Å². The lowest BCUT2D eigenvalue weighted by atomic mass is 10.2. The van der Waals surface area contributed by atoms with Gasteiger partial charge in [-0.05, 0) is 30.3 Å². The average molecular weight is 424 g/mol. The molecule has 1 aliphatic rings. The number of halogens is 1. The molecular formula is C18H18ClN3O5S. The van der Waals surface area contributed by atoms with Gasteiger partial charge < -0.3 is 4.74 Å². The first-order chi connectivity index (χ1) is 13.4. The molecule has 2 N–H and O–H groups in total. The summed E-state index contributed by atoms with van der Waals surface area (Å²) in [6.07, 6.45) is 0. The van der Waals surface area contributed by atoms with E-state index in [0.29, 0.717) is 13.2 Å². The Labute approximate surface area is 167 Å². The van der Waals surface area contributed by atoms with E-state index in [1.165, 1.54) is 34.6 Å². The first kappa shape index (κ1) is 20.3. The second kappa shape index (κ2) is 8.70. The highest BCUT2D eigenvalue weighted by Crippen LogP contribution is 2.18. The monoisotopic (exact) mass is 423 g/mol. The number of morpholine rings is 1. The van der Waals surface area contributed by atoms with Crippen molar-refractivity contribution in [2.75, 3.05) is 26.3 Å². The summed E-state index contributed by atoms with van der Waals surface area (Å²) in [4.78, 5) is 24.4. The Morgan fingerprint density at radius 2 is 1.64 bits per heavy atom. The van der Waals surface area contributed by atoms with Gasteiger partial charge in [-0.1, -0.05) is 29.8 Å². The third kappa shape index (κ3) is 4.50. The molecule has 0 atom stereocenters. The van der Waals surface area contributed by atoms with Crippen LogP contribution < -0.4 is 10.9 Å². The predicted molar refractivity (Wildman–Crippen MR) is 102 cm³/mol. The van der Waals surface area contributed by atoms with Crippen molar-refractivity contribution in [3.05, 3.63) is 64.7 Å². The third-order valence-corrected chi connectivity index (χ3v) is 6.34. The molecule has 2 aromatic carbocycles. The Hall–Kier alpha value is -2.46. The van der Waals surface area contributed by atoms with Gasteiger partial charge in [0.2, 0.25) is 10.0 Å². The standard InChI is InChI=1S/C18H18ClN3O5S/c19-16-7-2-1-6-15(16)18(24)21-20-17(23)13-4-3-5-14(12-13)28(25,26)22-8-10-27-11-9-22/h1-7,12H,8-11H2,(H,20,23)(H,21,24). The van der Waals surface area contributed by atoms with Gasteiger partial charge in [-0.15, -0.1) is 0 Å². The van der Waals surface area contributed by atoms with Crippen molar-refractivity contribution < 1.29 is 22.7 Å². The molecular weight excluding hydrogens is 406 g/mol. The first-order valence-corrected chi connectivity index (χ1v) is 10.2. The van der Waals surface area contributed by atoms with Crippen molar-refractivity contribution in [1.82, 2.24) is 15.2 Å². The molecule has 0 aliphatic carbocycles. The van der Waals surface area contributed by atoms with E-state index in [9.17, 15) is 18.0 Å². The summed E-state index contributed by atoms with van der Waals surface area (Å²) < 4.78 is 31.9. The van der Waals surface area contributed by atoms with E-state index in [4.69, 9.17) is 16.3 Å². The highest BCUT2D eigenvalue weighted by Gasteiger charge is 2.27. The molecule has 1 aliphatic heterocycles. The summed E-state index contributed by atoms with van der Waals surface area (Å²) in [5, 5.41) is 0.243. The van der Waals surface area contributed by atoms with E-state index in [1.54, 1.807) is 18.2 Å². The molecule has 8 nitrogen and oxygen atoms in total. The number of sulfonamides is 1. The molecule has 2 amide bonds. The predicted octanol–water partition coefficient (Wildman–Crippen LogP) is 1.44. The second-order valence-electron chi connectivity index (χ2n) is 5.93. The lowest BCUT2D eigenvalue weighted by Gasteiger charge is -2.26. The number of carbonyl (C=O) groups is 2. The van der Waals surface area contributed by atoms with E-state index in [0.717, 1.165) is 0 Å². The van der Waals surface area contributed by atoms with Gasteiger partial charge in [0.25, 0.3) is 11.8 Å². The summed E-state index contributed by atoms with van der Waals surface area (Å²) in [7, 11) is -3.73. The Bertz CT molecular complexity index is 990. The van der Waals surface area contributed by atoms with Crippen LogP contribution in [0.25, 0.3) is 0 Å². The minimum absolute atomic E-state index is 0.000481. The number of ether oxygens (including phenoxy) is 1. The molecule has 1 saturated heterocycles. The summed E-state index contributed by atoms with van der Waals surface area (Å²) in [5.41, 5.74) is 4.81. The minimum Gasteiger partial charge on any atom is -0.379 e. The molecule has 1 fully saturated rings. The third-order valence-electron chi connectivity index (χ3n) is 4.11. The maximum atomic E-state index is 12.7. The van der Waals surface area contributed by atoms with Crippen LogP contribution in [0, 0.1) is 0 Å². The van der Waals surface area contributed by atoms with Crippen molar-refractivity contribution in [2.24, 2.45) is 0 Å². The molecule has 2 aromatic rings. The van der Waals surface area contributed by atoms with Crippen molar-refractivity contribution in [2.45, 2.75) is 4.90 Å². The molecule has 0 spiro atoms. The molecule has 1 heterocycles. The quantitative estimate of drug-likeness (QED) is 0.724. The summed E-state index contributed by atoms with van der Waals surface area (Å²) >= 11 is 5.94. The zero-order valence-corrected chi connectivity index (χ0v) is 16.3. The molecule has 0 radical (unpaired) electrons. The van der Waals surface area contributed by atoms with Crippen LogP contribution in [0.2, 0.25) is 5.02 Å². The molecule has 28 heavy (non-hydrogen) atoms. The van der Waals surface area contributed by atoms with Crippen LogP contribution in [0.15, 0.2) is 53.4 Å². The van der Waals surface area contributed by atoms with E-state index in [-0.39, 0.29) is 34.1 Å². The highest BCUT2D eigenvalue weighted by molar-refractivity contribution is 7.89. The van der Waals surface area contributed by atoms with Gasteiger partial charge in [-0.3, -0.25) is 20.4 Å². The number of rotatable bonds is 4. The van der Waals surface area contributed by atoms with Crippen LogP contribution in [0.1, 0.15) is 20.7 Å². The van der Waals surface area contributed by atoms with Gasteiger partial charge in [0.15, 0.2) is 0 Å². The number of nitrogens with zero attached hydrogens (tertiary/aromatic N) is 1. The van der Waals surface area contributed by atoms with Crippen molar-refractivity contribution in [1.29, 1.82) is 0 Å². The molecule has 0 saturated carbocycles. The van der Waals surface area contributed by atoms with E-state index in [1.807, 2.05) is 0 Å². The fourth-order valence-corrected chi connectivity index (χ4v) is 4.31. The summed E-state index contributed by atoms with van der Waals surface area (Å²) in [5.74, 6) is -1.24. The highest BCUT2D eigenvalue weighted by atomic mass is 35.5. The maximum absolute atomic E-state index is 12.7. The van der Waals surface area contributed by atoms with Crippen LogP contribution >= 0.6 is 11.6 Å². The SMILES string of the molecule is O=C(NNC(=O)c1ccccc1Cl)c1cccc(S(=O)(=O)N2CCOCC2)c1. The first-order valence-electron chi connectivity index (χ1n) is 8.43. The van der Waals surface area contributed by atoms with Crippen LogP contribution in [-0.4, -0.2) is 50.8 Å². The van der Waals surface area contributed by atoms with Gasteiger partial charge in [0.05, 0.1) is 28.7 Å². The normalized spacial score (nSPS) is 15.0. The lowest BCUT2D eigenvalue weighted by Crippen LogP contribution is -2.42. The zero-order valence-electron chi connectivity index (χ0n) is 14.7. The Morgan fingerprint density at radius 3 is 2.36 bits per heavy atom. The van der Waals surface area contributed by atoms with Crippen molar-refractivity contribution in [3.63, 3.8) is 0 Å². The van der Waals surface area contributed by atoms with Crippen molar-refractivity contribution in [3.8, 4) is 0 Å². The number of amides is 2. The maximum Gasteiger partial charge on any atom is 0.271 e. The largest absolute Gasteiger partial charge is 0.379 e. The van der Waals surface area contributed by atoms with E-state index < -0.39 is 21.8 Å². The fraction of sp³-hybridized carbons (Fsp3) is 0.222. The Kier molecular flexibility index (Phi) is 6.30. The molecule has 0 unspecified atom stereocenters. The number of hydrogen-bond donors (Lipinski definition) is 2. The Balaban J connectivity index is 1.70. The topological polar surface area (TPSA) is 105 Å². The number of benzene rings is 2. The lowest BCUT2D eigenvalue weighted by molar-refractivity contribution is 0.0730. The van der Waals surface area contributed by atoms with Gasteiger partial charge in [-0.2, -0.15) is 4.31 Å². The fourth-order valence-electron chi connectivity index (χ4n) is 2.63. The number of carbonyl (C=O) groups excluding carboxylic acids is 2. The van der Waals surface area contributed by atoms with E-state index in [2.05, 4.69) is 10.9 Å². The summed E-state index contributed by atoms with van der Waals surface area (Å²) in [6.45, 7) is 1.17. The average Bonchev–Trinajstić information content (AvgIpc) is 2.73. The minimum atomic E-state index is -3.73. The van der Waals surface area contributed by atoms with Crippen LogP contribution in [-0.2, 0) is 14.8 Å². The van der Waals surface area contributed by atoms with Gasteiger partial charge in [0, 0.05) is 18.7 Å². The van der Waals surface area contributed by atoms with Crippen LogP contribution in [0.4, 0.5) is 0 Å². The molecule has 148 valence electrons. The zero-order chi connectivity index (χ0) is 20.1. The van der Waals surface area contributed by atoms with Crippen LogP contribution in [0.5, 0.6) is 0 Å². The second-order valence-corrected chi connectivity index (χ2v) is 8.28. The molecule has 10 heteroatoms. The molecule has 0 bridgehead atoms. The Morgan fingerprint density at radius 1 is 0.964 bits per heavy atom. The van der Waals surface area contributed by atoms with Gasteiger partial charge in [0.1, 0.15) is 0 Å². The van der Waals surface area contributed by atoms with E-state index >= 15 is 0 Å². The van der Waals surface area contributed by atoms with Gasteiger partial charge in [-0.25, -0.2) is 8.42 Å². The number of nitrogens with one attached hydrogen (secondary N) is 2. The molecule has 3 rings (SSSR count). The summed E-state index contributed by atoms with van der Waals surface area (Å²) in [6, 6.07) is 12.0. The number of hydrazine groups is 1.